The number of nitrogens with one attached hydrogen (secondary N) is 1. The summed E-state index contributed by atoms with van der Waals surface area (Å²) in [4.78, 5) is 35.6. The Morgan fingerprint density at radius 2 is 1.77 bits per heavy atom. The van der Waals surface area contributed by atoms with Crippen molar-refractivity contribution in [2.24, 2.45) is 10.8 Å². The number of piperidine rings is 1. The summed E-state index contributed by atoms with van der Waals surface area (Å²) in [6, 6.07) is 7.76. The zero-order valence-electron chi connectivity index (χ0n) is 21.3. The monoisotopic (exact) mass is 471 g/mol. The maximum absolute atomic E-state index is 13.1. The van der Waals surface area contributed by atoms with Crippen molar-refractivity contribution in [2.75, 3.05) is 24.1 Å². The number of nitrogen functional groups attached to an aromatic ring is 1. The lowest BCUT2D eigenvalue weighted by Gasteiger charge is -2.49. The fourth-order valence-corrected chi connectivity index (χ4v) is 5.28. The highest BCUT2D eigenvalue weighted by atomic mass is 16.2. The summed E-state index contributed by atoms with van der Waals surface area (Å²) >= 11 is 0. The highest BCUT2D eigenvalue weighted by Crippen LogP contribution is 2.45. The predicted octanol–water partition coefficient (Wildman–Crippen LogP) is 4.97. The lowest BCUT2D eigenvalue weighted by molar-refractivity contribution is -0.132. The number of rotatable bonds is 3. The van der Waals surface area contributed by atoms with Crippen LogP contribution in [0, 0.1) is 17.8 Å². The zero-order chi connectivity index (χ0) is 25.5. The number of aryl methyl sites for hydroxylation is 1. The van der Waals surface area contributed by atoms with Crippen molar-refractivity contribution >= 4 is 34.1 Å². The normalized spacial score (nSPS) is 16.7. The smallest absolute Gasteiger partial charge is 0.249 e. The van der Waals surface area contributed by atoms with Crippen molar-refractivity contribution in [3.63, 3.8) is 0 Å². The molecule has 1 aliphatic heterocycles. The topological polar surface area (TPSA) is 101 Å². The van der Waals surface area contributed by atoms with Crippen LogP contribution in [0.2, 0.25) is 0 Å². The minimum Gasteiger partial charge on any atom is -0.398 e. The number of anilines is 2. The Labute approximate surface area is 206 Å². The first kappa shape index (κ1) is 24.4. The lowest BCUT2D eigenvalue weighted by atomic mass is 9.66. The number of nitrogens with zero attached hydrogens (tertiary/aromatic N) is 3. The molecule has 0 radical (unpaired) electrons. The molecule has 1 aliphatic rings. The van der Waals surface area contributed by atoms with Crippen LogP contribution < -0.4 is 11.1 Å². The third-order valence-corrected chi connectivity index (χ3v) is 6.82. The highest BCUT2D eigenvalue weighted by molar-refractivity contribution is 6.02. The molecule has 0 saturated carbocycles. The van der Waals surface area contributed by atoms with Gasteiger partial charge in [-0.1, -0.05) is 27.7 Å². The molecule has 2 amide bonds. The van der Waals surface area contributed by atoms with Crippen LogP contribution in [0.25, 0.3) is 21.9 Å². The Hall–Kier alpha value is -3.74. The summed E-state index contributed by atoms with van der Waals surface area (Å²) in [6.07, 6.45) is 6.95. The van der Waals surface area contributed by atoms with Crippen LogP contribution >= 0.6 is 0 Å². The van der Waals surface area contributed by atoms with E-state index in [0.717, 1.165) is 33.0 Å². The number of hydrogen-bond donors (Lipinski definition) is 2. The quantitative estimate of drug-likeness (QED) is 0.415. The third-order valence-electron chi connectivity index (χ3n) is 6.82. The van der Waals surface area contributed by atoms with Crippen LogP contribution in [0.5, 0.6) is 0 Å². The molecule has 2 aromatic heterocycles. The number of amides is 2. The molecular formula is C28H33N5O2. The van der Waals surface area contributed by atoms with Crippen molar-refractivity contribution < 1.29 is 9.59 Å². The zero-order valence-corrected chi connectivity index (χ0v) is 21.3. The average Bonchev–Trinajstić information content (AvgIpc) is 2.75. The molecule has 0 aliphatic carbocycles. The molecule has 4 rings (SSSR count). The van der Waals surface area contributed by atoms with Gasteiger partial charge in [0.05, 0.1) is 0 Å². The number of likely N-dealkylation sites (tertiary alicyclic amines) is 1. The largest absolute Gasteiger partial charge is 0.398 e. The number of fused-ring (bicyclic) bond motifs is 1. The second-order valence-electron chi connectivity index (χ2n) is 10.7. The van der Waals surface area contributed by atoms with Gasteiger partial charge in [0.25, 0.3) is 0 Å². The molecule has 1 saturated heterocycles. The SMILES string of the molecule is CC(=O)N1CC(C)(C)C(=CC(=O)Nc2cc3cc(-c4cnccc4C)cc(N)c3cn2)C(C)(C)C1. The predicted molar refractivity (Wildman–Crippen MR) is 141 cm³/mol. The van der Waals surface area contributed by atoms with E-state index < -0.39 is 0 Å². The maximum atomic E-state index is 13.1. The summed E-state index contributed by atoms with van der Waals surface area (Å²) < 4.78 is 0. The van der Waals surface area contributed by atoms with Crippen molar-refractivity contribution in [1.29, 1.82) is 0 Å². The molecule has 0 atom stereocenters. The average molecular weight is 472 g/mol. The van der Waals surface area contributed by atoms with Crippen LogP contribution in [0.1, 0.15) is 40.2 Å². The van der Waals surface area contributed by atoms with Crippen LogP contribution in [0.4, 0.5) is 11.5 Å². The second kappa shape index (κ2) is 8.80. The van der Waals surface area contributed by atoms with Gasteiger partial charge in [-0.05, 0) is 53.3 Å². The molecule has 0 unspecified atom stereocenters. The molecule has 35 heavy (non-hydrogen) atoms. The van der Waals surface area contributed by atoms with E-state index in [2.05, 4.69) is 43.0 Å². The van der Waals surface area contributed by atoms with Gasteiger partial charge in [-0.3, -0.25) is 14.6 Å². The Morgan fingerprint density at radius 1 is 1.09 bits per heavy atom. The molecule has 7 nitrogen and oxygen atoms in total. The Balaban J connectivity index is 1.64. The van der Waals surface area contributed by atoms with Crippen molar-refractivity contribution in [2.45, 2.75) is 41.5 Å². The van der Waals surface area contributed by atoms with Gasteiger partial charge >= 0.3 is 0 Å². The highest BCUT2D eigenvalue weighted by Gasteiger charge is 2.43. The first-order valence-electron chi connectivity index (χ1n) is 11.8. The van der Waals surface area contributed by atoms with E-state index in [9.17, 15) is 9.59 Å². The standard InChI is InChI=1S/C28H33N5O2/c1-17-7-8-30-13-21(17)19-9-20-11-25(31-14-22(20)23(29)10-19)32-26(35)12-24-27(3,4)15-33(18(2)34)16-28(24,5)6/h7-14H,15-16,29H2,1-6H3,(H,31,32,35). The summed E-state index contributed by atoms with van der Waals surface area (Å²) in [5.74, 6) is 0.266. The van der Waals surface area contributed by atoms with E-state index in [-0.39, 0.29) is 22.6 Å². The van der Waals surface area contributed by atoms with Crippen LogP contribution in [-0.4, -0.2) is 39.8 Å². The minimum atomic E-state index is -0.327. The van der Waals surface area contributed by atoms with Crippen molar-refractivity contribution in [3.05, 3.63) is 60.1 Å². The second-order valence-corrected chi connectivity index (χ2v) is 10.7. The first-order valence-corrected chi connectivity index (χ1v) is 11.8. The summed E-state index contributed by atoms with van der Waals surface area (Å²) in [6.45, 7) is 13.1. The van der Waals surface area contributed by atoms with E-state index in [1.165, 1.54) is 0 Å². The van der Waals surface area contributed by atoms with Gasteiger partial charge in [-0.2, -0.15) is 0 Å². The number of carbonyl (C=O) groups excluding carboxylic acids is 2. The van der Waals surface area contributed by atoms with E-state index in [1.807, 2.05) is 42.3 Å². The van der Waals surface area contributed by atoms with Gasteiger partial charge in [0.15, 0.2) is 0 Å². The Kier molecular flexibility index (Phi) is 6.13. The number of nitrogens with two attached hydrogens (primary N) is 1. The van der Waals surface area contributed by atoms with Crippen molar-refractivity contribution in [3.8, 4) is 11.1 Å². The number of pyridine rings is 2. The molecule has 1 aromatic carbocycles. The molecule has 3 heterocycles. The van der Waals surface area contributed by atoms with E-state index >= 15 is 0 Å². The van der Waals surface area contributed by atoms with Gasteiger partial charge in [-0.25, -0.2) is 4.98 Å². The summed E-state index contributed by atoms with van der Waals surface area (Å²) in [5, 5.41) is 4.63. The molecule has 1 fully saturated rings. The van der Waals surface area contributed by atoms with Gasteiger partial charge in [0, 0.05) is 72.1 Å². The van der Waals surface area contributed by atoms with Gasteiger partial charge in [0.1, 0.15) is 5.82 Å². The fraction of sp³-hybridized carbons (Fsp3) is 0.357. The van der Waals surface area contributed by atoms with Crippen molar-refractivity contribution in [1.82, 2.24) is 14.9 Å². The van der Waals surface area contributed by atoms with E-state index in [4.69, 9.17) is 5.73 Å². The molecule has 3 N–H and O–H groups in total. The minimum absolute atomic E-state index is 0.0511. The van der Waals surface area contributed by atoms with Gasteiger partial charge < -0.3 is 16.0 Å². The number of carbonyl (C=O) groups is 2. The Bertz CT molecular complexity index is 1340. The molecule has 182 valence electrons. The number of benzene rings is 1. The molecule has 0 spiro atoms. The molecule has 7 heteroatoms. The molecule has 3 aromatic rings. The van der Waals surface area contributed by atoms with Gasteiger partial charge in [0.2, 0.25) is 11.8 Å². The molecule has 0 bridgehead atoms. The summed E-state index contributed by atoms with van der Waals surface area (Å²) in [5.41, 5.74) is 10.4. The van der Waals surface area contributed by atoms with Crippen LogP contribution in [0.15, 0.2) is 54.5 Å². The fourth-order valence-electron chi connectivity index (χ4n) is 5.28. The van der Waals surface area contributed by atoms with E-state index in [1.54, 1.807) is 25.4 Å². The Morgan fingerprint density at radius 3 is 2.40 bits per heavy atom. The van der Waals surface area contributed by atoms with E-state index in [0.29, 0.717) is 24.6 Å². The summed E-state index contributed by atoms with van der Waals surface area (Å²) in [7, 11) is 0. The number of aromatic nitrogens is 2. The third kappa shape index (κ3) is 4.90. The maximum Gasteiger partial charge on any atom is 0.249 e. The first-order chi connectivity index (χ1) is 16.4. The number of hydrogen-bond acceptors (Lipinski definition) is 5. The van der Waals surface area contributed by atoms with Gasteiger partial charge in [-0.15, -0.1) is 0 Å². The van der Waals surface area contributed by atoms with Crippen LogP contribution in [-0.2, 0) is 9.59 Å². The molecular weight excluding hydrogens is 438 g/mol. The van der Waals surface area contributed by atoms with Crippen LogP contribution in [0.3, 0.4) is 0 Å². The lowest BCUT2D eigenvalue weighted by Crippen LogP contribution is -2.52.